The van der Waals surface area contributed by atoms with Crippen molar-refractivity contribution in [2.45, 2.75) is 9.79 Å². The van der Waals surface area contributed by atoms with Gasteiger partial charge in [0.25, 0.3) is 0 Å². The summed E-state index contributed by atoms with van der Waals surface area (Å²) in [5.74, 6) is 0. The monoisotopic (exact) mass is 466 g/mol. The van der Waals surface area contributed by atoms with Gasteiger partial charge < -0.3 is 9.11 Å². The van der Waals surface area contributed by atoms with Crippen molar-refractivity contribution >= 4 is 34.8 Å². The van der Waals surface area contributed by atoms with Crippen LogP contribution in [0.25, 0.3) is 22.3 Å². The van der Waals surface area contributed by atoms with Crippen LogP contribution < -0.4 is 64.4 Å². The van der Waals surface area contributed by atoms with Crippen molar-refractivity contribution in [2.24, 2.45) is 0 Å². The SMILES string of the molecule is O=S(=O)([O-])c1cccc(-c2cccc(P)c2-c2cccc(S(=O)(=O)[O-])c2)c1.[Na+].[Na+]. The Bertz CT molecular complexity index is 1240. The summed E-state index contributed by atoms with van der Waals surface area (Å²) in [4.78, 5) is -0.730. The number of hydrogen-bond acceptors (Lipinski definition) is 6. The van der Waals surface area contributed by atoms with Crippen molar-refractivity contribution in [2.75, 3.05) is 0 Å². The van der Waals surface area contributed by atoms with Crippen molar-refractivity contribution in [3.63, 3.8) is 0 Å². The molecular formula is C18H13Na2O6PS2. The Hall–Kier alpha value is -0.0900. The van der Waals surface area contributed by atoms with Crippen LogP contribution in [0, 0.1) is 0 Å². The van der Waals surface area contributed by atoms with Gasteiger partial charge in [-0.3, -0.25) is 0 Å². The molecule has 11 heteroatoms. The van der Waals surface area contributed by atoms with Crippen molar-refractivity contribution in [3.05, 3.63) is 66.7 Å². The van der Waals surface area contributed by atoms with Crippen LogP contribution in [0.3, 0.4) is 0 Å². The van der Waals surface area contributed by atoms with Gasteiger partial charge in [-0.25, -0.2) is 16.8 Å². The van der Waals surface area contributed by atoms with E-state index in [1.165, 1.54) is 36.4 Å². The largest absolute Gasteiger partial charge is 1.00 e. The van der Waals surface area contributed by atoms with Crippen molar-refractivity contribution < 1.29 is 85.1 Å². The van der Waals surface area contributed by atoms with Crippen LogP contribution in [0.1, 0.15) is 0 Å². The normalized spacial score (nSPS) is 11.3. The van der Waals surface area contributed by atoms with Gasteiger partial charge in [0.15, 0.2) is 0 Å². The summed E-state index contributed by atoms with van der Waals surface area (Å²) in [5, 5.41) is 0.711. The summed E-state index contributed by atoms with van der Waals surface area (Å²) >= 11 is 0. The molecule has 1 atom stereocenters. The average molecular weight is 466 g/mol. The summed E-state index contributed by atoms with van der Waals surface area (Å²) in [7, 11) is -6.73. The summed E-state index contributed by atoms with van der Waals surface area (Å²) in [5.41, 5.74) is 2.14. The van der Waals surface area contributed by atoms with Crippen LogP contribution in [0.5, 0.6) is 0 Å². The Balaban J connectivity index is 0.00000210. The summed E-state index contributed by atoms with van der Waals surface area (Å²) in [6.07, 6.45) is 0. The fourth-order valence-electron chi connectivity index (χ4n) is 2.76. The van der Waals surface area contributed by atoms with Gasteiger partial charge in [0.05, 0.1) is 9.79 Å². The van der Waals surface area contributed by atoms with Gasteiger partial charge in [-0.05, 0) is 51.8 Å². The van der Waals surface area contributed by atoms with Crippen molar-refractivity contribution in [1.82, 2.24) is 0 Å². The molecule has 0 aliphatic heterocycles. The molecule has 6 nitrogen and oxygen atoms in total. The Morgan fingerprint density at radius 2 is 1.10 bits per heavy atom. The van der Waals surface area contributed by atoms with Gasteiger partial charge in [-0.2, -0.15) is 0 Å². The van der Waals surface area contributed by atoms with Crippen LogP contribution in [0.2, 0.25) is 0 Å². The van der Waals surface area contributed by atoms with Crippen LogP contribution in [0.4, 0.5) is 0 Å². The zero-order chi connectivity index (χ0) is 19.8. The van der Waals surface area contributed by atoms with E-state index in [0.29, 0.717) is 27.6 Å². The van der Waals surface area contributed by atoms with Crippen LogP contribution >= 0.6 is 9.24 Å². The molecule has 3 aromatic carbocycles. The molecule has 1 unspecified atom stereocenters. The van der Waals surface area contributed by atoms with Crippen molar-refractivity contribution in [1.29, 1.82) is 0 Å². The minimum absolute atomic E-state index is 0. The number of rotatable bonds is 4. The van der Waals surface area contributed by atoms with Crippen LogP contribution in [0.15, 0.2) is 76.5 Å². The van der Waals surface area contributed by atoms with E-state index in [4.69, 9.17) is 0 Å². The number of benzene rings is 3. The average Bonchev–Trinajstić information content (AvgIpc) is 2.60. The Morgan fingerprint density at radius 1 is 0.655 bits per heavy atom. The molecule has 0 spiro atoms. The molecule has 140 valence electrons. The van der Waals surface area contributed by atoms with E-state index in [1.54, 1.807) is 30.3 Å². The molecule has 0 fully saturated rings. The molecule has 0 bridgehead atoms. The van der Waals surface area contributed by atoms with Gasteiger partial charge in [0, 0.05) is 0 Å². The second-order valence-electron chi connectivity index (χ2n) is 5.73. The third-order valence-corrected chi connectivity index (χ3v) is 6.09. The van der Waals surface area contributed by atoms with E-state index >= 15 is 0 Å². The predicted molar refractivity (Wildman–Crippen MR) is 103 cm³/mol. The second-order valence-corrected chi connectivity index (χ2v) is 9.12. The topological polar surface area (TPSA) is 114 Å². The molecule has 0 N–H and O–H groups in total. The van der Waals surface area contributed by atoms with Gasteiger partial charge >= 0.3 is 59.1 Å². The first-order valence-electron chi connectivity index (χ1n) is 7.58. The summed E-state index contributed by atoms with van der Waals surface area (Å²) in [6, 6.07) is 16.4. The van der Waals surface area contributed by atoms with E-state index in [9.17, 15) is 25.9 Å². The molecule has 0 amide bonds. The van der Waals surface area contributed by atoms with Crippen LogP contribution in [-0.4, -0.2) is 25.9 Å². The first kappa shape index (κ1) is 26.9. The van der Waals surface area contributed by atoms with Gasteiger partial charge in [-0.1, -0.05) is 42.5 Å². The molecule has 3 rings (SSSR count). The third kappa shape index (κ3) is 6.45. The minimum Gasteiger partial charge on any atom is -0.744 e. The smallest absolute Gasteiger partial charge is 0.744 e. The van der Waals surface area contributed by atoms with E-state index in [0.717, 1.165) is 0 Å². The fourth-order valence-corrected chi connectivity index (χ4v) is 4.23. The molecular weight excluding hydrogens is 453 g/mol. The maximum absolute atomic E-state index is 11.3. The first-order valence-corrected chi connectivity index (χ1v) is 11.0. The van der Waals surface area contributed by atoms with Gasteiger partial charge in [0.1, 0.15) is 20.2 Å². The molecule has 0 aliphatic carbocycles. The zero-order valence-electron chi connectivity index (χ0n) is 15.7. The Kier molecular flexibility index (Phi) is 9.74. The van der Waals surface area contributed by atoms with E-state index < -0.39 is 20.2 Å². The van der Waals surface area contributed by atoms with Gasteiger partial charge in [0.2, 0.25) is 0 Å². The molecule has 0 aliphatic rings. The molecule has 3 aromatic rings. The minimum atomic E-state index is -4.63. The Labute approximate surface area is 216 Å². The molecule has 29 heavy (non-hydrogen) atoms. The first-order chi connectivity index (χ1) is 12.6. The quantitative estimate of drug-likeness (QED) is 0.223. The summed E-state index contributed by atoms with van der Waals surface area (Å²) in [6.45, 7) is 0. The number of hydrogen-bond donors (Lipinski definition) is 0. The second kappa shape index (κ2) is 10.5. The van der Waals surface area contributed by atoms with E-state index in [-0.39, 0.29) is 68.9 Å². The van der Waals surface area contributed by atoms with E-state index in [2.05, 4.69) is 9.24 Å². The molecule has 0 radical (unpaired) electrons. The standard InChI is InChI=1S/C18H15O6PS2.2Na/c19-26(20,21)14-6-1-4-12(10-14)16-8-3-9-17(25)18(16)13-5-2-7-15(11-13)27(22,23)24;;/h1-11H,25H2,(H,19,20,21)(H,22,23,24);;/q;2*+1/p-2. The molecule has 0 saturated carbocycles. The Morgan fingerprint density at radius 3 is 1.62 bits per heavy atom. The maximum Gasteiger partial charge on any atom is 1.00 e. The zero-order valence-corrected chi connectivity index (χ0v) is 22.5. The van der Waals surface area contributed by atoms with Crippen molar-refractivity contribution in [3.8, 4) is 22.3 Å². The van der Waals surface area contributed by atoms with Crippen LogP contribution in [-0.2, 0) is 20.2 Å². The van der Waals surface area contributed by atoms with E-state index in [1.807, 2.05) is 0 Å². The summed E-state index contributed by atoms with van der Waals surface area (Å²) < 4.78 is 68.0. The maximum atomic E-state index is 11.3. The van der Waals surface area contributed by atoms with Gasteiger partial charge in [-0.15, -0.1) is 9.24 Å². The molecule has 0 saturated heterocycles. The predicted octanol–water partition coefficient (Wildman–Crippen LogP) is -3.66. The third-order valence-electron chi connectivity index (χ3n) is 3.94. The fraction of sp³-hybridized carbons (Fsp3) is 0. The molecule has 0 aromatic heterocycles. The molecule has 0 heterocycles.